The average Bonchev–Trinajstić information content (AvgIpc) is 3.17. The van der Waals surface area contributed by atoms with Gasteiger partial charge >= 0.3 is 0 Å². The van der Waals surface area contributed by atoms with Crippen molar-refractivity contribution >= 4 is 5.96 Å². The van der Waals surface area contributed by atoms with Crippen molar-refractivity contribution in [2.24, 2.45) is 10.9 Å². The Labute approximate surface area is 155 Å². The monoisotopic (exact) mass is 358 g/mol. The van der Waals surface area contributed by atoms with Gasteiger partial charge in [0, 0.05) is 44.9 Å². The fourth-order valence-electron chi connectivity index (χ4n) is 2.27. The third-order valence-electron chi connectivity index (χ3n) is 3.55. The molecule has 2 rings (SSSR count). The summed E-state index contributed by atoms with van der Waals surface area (Å²) in [4.78, 5) is 13.1. The molecule has 0 aliphatic carbocycles. The summed E-state index contributed by atoms with van der Waals surface area (Å²) < 4.78 is 7.47. The van der Waals surface area contributed by atoms with Crippen molar-refractivity contribution in [3.63, 3.8) is 0 Å². The first-order valence-electron chi connectivity index (χ1n) is 9.22. The summed E-state index contributed by atoms with van der Waals surface area (Å²) >= 11 is 0. The highest BCUT2D eigenvalue weighted by Crippen LogP contribution is 2.06. The van der Waals surface area contributed by atoms with Crippen molar-refractivity contribution in [1.82, 2.24) is 25.2 Å². The quantitative estimate of drug-likeness (QED) is 0.387. The number of aromatic nitrogens is 3. The first kappa shape index (κ1) is 19.9. The highest BCUT2D eigenvalue weighted by Gasteiger charge is 2.00. The number of nitrogens with one attached hydrogen (secondary N) is 2. The van der Waals surface area contributed by atoms with Gasteiger partial charge in [-0.1, -0.05) is 19.9 Å². The Balaban J connectivity index is 1.78. The number of imidazole rings is 1. The second-order valence-corrected chi connectivity index (χ2v) is 6.44. The molecule has 2 heterocycles. The van der Waals surface area contributed by atoms with Crippen LogP contribution in [0, 0.1) is 5.92 Å². The van der Waals surface area contributed by atoms with E-state index in [1.54, 1.807) is 12.5 Å². The minimum absolute atomic E-state index is 0.579. The van der Waals surface area contributed by atoms with Crippen molar-refractivity contribution in [2.75, 3.05) is 26.3 Å². The second kappa shape index (κ2) is 11.3. The van der Waals surface area contributed by atoms with Gasteiger partial charge in [-0.25, -0.2) is 15.0 Å². The molecule has 0 saturated heterocycles. The Morgan fingerprint density at radius 1 is 1.31 bits per heavy atom. The maximum Gasteiger partial charge on any atom is 0.191 e. The van der Waals surface area contributed by atoms with Gasteiger partial charge < -0.3 is 15.4 Å². The van der Waals surface area contributed by atoms with E-state index in [1.165, 1.54) is 0 Å². The van der Waals surface area contributed by atoms with Gasteiger partial charge in [0.2, 0.25) is 0 Å². The Bertz CT molecular complexity index is 637. The topological polar surface area (TPSA) is 76.4 Å². The molecule has 0 fully saturated rings. The molecule has 0 aliphatic rings. The van der Waals surface area contributed by atoms with Gasteiger partial charge in [-0.15, -0.1) is 0 Å². The molecular formula is C19H30N6O. The molecule has 0 radical (unpaired) electrons. The summed E-state index contributed by atoms with van der Waals surface area (Å²) in [6, 6.07) is 4.01. The predicted molar refractivity (Wildman–Crippen MR) is 104 cm³/mol. The smallest absolute Gasteiger partial charge is 0.191 e. The van der Waals surface area contributed by atoms with Crippen LogP contribution in [-0.4, -0.2) is 46.8 Å². The maximum atomic E-state index is 5.59. The van der Waals surface area contributed by atoms with Gasteiger partial charge in [0.1, 0.15) is 12.1 Å². The van der Waals surface area contributed by atoms with Crippen molar-refractivity contribution in [3.8, 4) is 5.82 Å². The van der Waals surface area contributed by atoms with Gasteiger partial charge in [-0.3, -0.25) is 4.57 Å². The Kier molecular flexibility index (Phi) is 8.62. The van der Waals surface area contributed by atoms with Crippen LogP contribution < -0.4 is 10.6 Å². The van der Waals surface area contributed by atoms with E-state index >= 15 is 0 Å². The lowest BCUT2D eigenvalue weighted by Gasteiger charge is -2.12. The van der Waals surface area contributed by atoms with E-state index in [9.17, 15) is 0 Å². The van der Waals surface area contributed by atoms with E-state index in [1.807, 2.05) is 29.1 Å². The molecule has 7 heteroatoms. The van der Waals surface area contributed by atoms with Gasteiger partial charge in [-0.05, 0) is 30.9 Å². The van der Waals surface area contributed by atoms with Gasteiger partial charge in [0.05, 0.1) is 6.54 Å². The third kappa shape index (κ3) is 7.23. The van der Waals surface area contributed by atoms with Crippen molar-refractivity contribution in [2.45, 2.75) is 33.7 Å². The first-order valence-corrected chi connectivity index (χ1v) is 9.22. The molecule has 0 saturated carbocycles. The van der Waals surface area contributed by atoms with Crippen LogP contribution in [0.2, 0.25) is 0 Å². The number of nitrogens with zero attached hydrogens (tertiary/aromatic N) is 4. The molecule has 2 N–H and O–H groups in total. The molecule has 0 bridgehead atoms. The Hall–Kier alpha value is -2.41. The van der Waals surface area contributed by atoms with E-state index < -0.39 is 0 Å². The molecule has 26 heavy (non-hydrogen) atoms. The Morgan fingerprint density at radius 2 is 2.19 bits per heavy atom. The lowest BCUT2D eigenvalue weighted by molar-refractivity contribution is 0.108. The number of hydrogen-bond acceptors (Lipinski definition) is 4. The van der Waals surface area contributed by atoms with E-state index in [2.05, 4.69) is 46.4 Å². The minimum Gasteiger partial charge on any atom is -0.381 e. The molecule has 2 aromatic heterocycles. The summed E-state index contributed by atoms with van der Waals surface area (Å²) in [5.41, 5.74) is 1.06. The number of aliphatic imine (C=N–C) groups is 1. The zero-order valence-corrected chi connectivity index (χ0v) is 16.0. The van der Waals surface area contributed by atoms with E-state index in [0.717, 1.165) is 50.1 Å². The Morgan fingerprint density at radius 3 is 2.85 bits per heavy atom. The number of guanidine groups is 1. The molecule has 0 unspecified atom stereocenters. The van der Waals surface area contributed by atoms with Crippen LogP contribution in [0.1, 0.15) is 32.8 Å². The lowest BCUT2D eigenvalue weighted by atomic mass is 10.2. The summed E-state index contributed by atoms with van der Waals surface area (Å²) in [6.07, 6.45) is 8.15. The SMILES string of the molecule is CCNC(=NCc1ccc(-n2ccnc2)nc1)NCCCOCC(C)C. The summed E-state index contributed by atoms with van der Waals surface area (Å²) in [5.74, 6) is 2.24. The molecule has 142 valence electrons. The van der Waals surface area contributed by atoms with Crippen LogP contribution in [0.5, 0.6) is 0 Å². The van der Waals surface area contributed by atoms with Crippen LogP contribution >= 0.6 is 0 Å². The third-order valence-corrected chi connectivity index (χ3v) is 3.55. The van der Waals surface area contributed by atoms with Crippen molar-refractivity contribution in [1.29, 1.82) is 0 Å². The molecule has 7 nitrogen and oxygen atoms in total. The van der Waals surface area contributed by atoms with Gasteiger partial charge in [0.15, 0.2) is 5.96 Å². The van der Waals surface area contributed by atoms with Crippen LogP contribution in [0.15, 0.2) is 42.0 Å². The van der Waals surface area contributed by atoms with Gasteiger partial charge in [0.25, 0.3) is 0 Å². The van der Waals surface area contributed by atoms with E-state index in [0.29, 0.717) is 12.5 Å². The number of hydrogen-bond donors (Lipinski definition) is 2. The number of rotatable bonds is 10. The molecular weight excluding hydrogens is 328 g/mol. The van der Waals surface area contributed by atoms with Gasteiger partial charge in [-0.2, -0.15) is 0 Å². The van der Waals surface area contributed by atoms with Crippen LogP contribution in [0.3, 0.4) is 0 Å². The fraction of sp³-hybridized carbons (Fsp3) is 0.526. The largest absolute Gasteiger partial charge is 0.381 e. The molecule has 0 spiro atoms. The normalized spacial score (nSPS) is 11.8. The highest BCUT2D eigenvalue weighted by molar-refractivity contribution is 5.79. The van der Waals surface area contributed by atoms with Crippen molar-refractivity contribution in [3.05, 3.63) is 42.6 Å². The maximum absolute atomic E-state index is 5.59. The summed E-state index contributed by atoms with van der Waals surface area (Å²) in [7, 11) is 0. The standard InChI is InChI=1S/C19H30N6O/c1-4-21-19(22-8-5-11-26-14-16(2)3)24-13-17-6-7-18(23-12-17)25-10-9-20-15-25/h6-7,9-10,12,15-16H,4-5,8,11,13-14H2,1-3H3,(H2,21,22,24). The number of ether oxygens (including phenoxy) is 1. The predicted octanol–water partition coefficient (Wildman–Crippen LogP) is 2.39. The zero-order valence-electron chi connectivity index (χ0n) is 16.0. The van der Waals surface area contributed by atoms with E-state index in [4.69, 9.17) is 4.74 Å². The zero-order chi connectivity index (χ0) is 18.6. The van der Waals surface area contributed by atoms with Crippen molar-refractivity contribution < 1.29 is 4.74 Å². The van der Waals surface area contributed by atoms with Crippen LogP contribution in [-0.2, 0) is 11.3 Å². The average molecular weight is 358 g/mol. The minimum atomic E-state index is 0.579. The molecule has 0 aromatic carbocycles. The first-order chi connectivity index (χ1) is 12.7. The lowest BCUT2D eigenvalue weighted by Crippen LogP contribution is -2.38. The summed E-state index contributed by atoms with van der Waals surface area (Å²) in [6.45, 7) is 10.2. The molecule has 0 atom stereocenters. The fourth-order valence-corrected chi connectivity index (χ4v) is 2.27. The molecule has 0 amide bonds. The van der Waals surface area contributed by atoms with Crippen LogP contribution in [0.25, 0.3) is 5.82 Å². The molecule has 0 aliphatic heterocycles. The highest BCUT2D eigenvalue weighted by atomic mass is 16.5. The second-order valence-electron chi connectivity index (χ2n) is 6.44. The number of pyridine rings is 1. The van der Waals surface area contributed by atoms with E-state index in [-0.39, 0.29) is 0 Å². The summed E-state index contributed by atoms with van der Waals surface area (Å²) in [5, 5.41) is 6.60. The van der Waals surface area contributed by atoms with Crippen LogP contribution in [0.4, 0.5) is 0 Å². The molecule has 2 aromatic rings.